The van der Waals surface area contributed by atoms with Crippen LogP contribution in [0.5, 0.6) is 11.6 Å². The molecule has 3 aromatic rings. The molecule has 3 N–H and O–H groups in total. The molecule has 1 amide bonds. The highest BCUT2D eigenvalue weighted by Crippen LogP contribution is 2.22. The fourth-order valence-electron chi connectivity index (χ4n) is 2.43. The first-order chi connectivity index (χ1) is 12.6. The number of carbonyl (C=O) groups is 1. The van der Waals surface area contributed by atoms with Gasteiger partial charge in [0.15, 0.2) is 0 Å². The summed E-state index contributed by atoms with van der Waals surface area (Å²) >= 11 is 0. The molecule has 0 aliphatic rings. The third-order valence-electron chi connectivity index (χ3n) is 3.64. The van der Waals surface area contributed by atoms with Gasteiger partial charge in [-0.2, -0.15) is 5.10 Å². The molecule has 9 heteroatoms. The normalized spacial score (nSPS) is 10.1. The molecular formula is C18H21ClN6O2. The van der Waals surface area contributed by atoms with E-state index in [1.165, 1.54) is 6.33 Å². The van der Waals surface area contributed by atoms with Crippen LogP contribution < -0.4 is 15.8 Å². The number of nitrogens with two attached hydrogens (primary N) is 1. The Morgan fingerprint density at radius 2 is 2.15 bits per heavy atom. The molecule has 0 fully saturated rings. The first kappa shape index (κ1) is 20.3. The van der Waals surface area contributed by atoms with E-state index in [1.54, 1.807) is 41.3 Å². The van der Waals surface area contributed by atoms with Crippen LogP contribution in [0, 0.1) is 6.92 Å². The van der Waals surface area contributed by atoms with E-state index in [9.17, 15) is 4.79 Å². The first-order valence-electron chi connectivity index (χ1n) is 8.20. The number of nitrogens with zero attached hydrogens (tertiary/aromatic N) is 4. The van der Waals surface area contributed by atoms with Crippen LogP contribution >= 0.6 is 12.4 Å². The number of amides is 1. The Morgan fingerprint density at radius 3 is 2.89 bits per heavy atom. The van der Waals surface area contributed by atoms with Crippen molar-refractivity contribution in [2.24, 2.45) is 5.73 Å². The second-order valence-corrected chi connectivity index (χ2v) is 5.70. The molecule has 0 aliphatic carbocycles. The van der Waals surface area contributed by atoms with E-state index in [0.717, 1.165) is 11.3 Å². The van der Waals surface area contributed by atoms with Gasteiger partial charge in [-0.15, -0.1) is 12.4 Å². The number of carbonyl (C=O) groups excluding carboxylic acids is 1. The van der Waals surface area contributed by atoms with Crippen LogP contribution in [0.1, 0.15) is 21.6 Å². The number of ether oxygens (including phenoxy) is 1. The summed E-state index contributed by atoms with van der Waals surface area (Å²) in [5.41, 5.74) is 7.95. The van der Waals surface area contributed by atoms with Gasteiger partial charge in [0.2, 0.25) is 5.88 Å². The molecule has 1 aromatic carbocycles. The summed E-state index contributed by atoms with van der Waals surface area (Å²) in [7, 11) is 0. The predicted octanol–water partition coefficient (Wildman–Crippen LogP) is 2.08. The van der Waals surface area contributed by atoms with Gasteiger partial charge in [-0.25, -0.2) is 9.97 Å². The van der Waals surface area contributed by atoms with E-state index in [0.29, 0.717) is 36.8 Å². The zero-order valence-electron chi connectivity index (χ0n) is 14.8. The van der Waals surface area contributed by atoms with Gasteiger partial charge in [-0.3, -0.25) is 9.48 Å². The average molecular weight is 389 g/mol. The molecule has 2 heterocycles. The minimum atomic E-state index is -0.185. The molecule has 0 unspecified atom stereocenters. The van der Waals surface area contributed by atoms with Crippen LogP contribution in [0.25, 0.3) is 0 Å². The fourth-order valence-corrected chi connectivity index (χ4v) is 2.43. The average Bonchev–Trinajstić information content (AvgIpc) is 3.14. The van der Waals surface area contributed by atoms with Crippen LogP contribution in [0.4, 0.5) is 0 Å². The van der Waals surface area contributed by atoms with Gasteiger partial charge in [0.25, 0.3) is 5.91 Å². The zero-order chi connectivity index (χ0) is 18.4. The van der Waals surface area contributed by atoms with E-state index >= 15 is 0 Å². The van der Waals surface area contributed by atoms with Crippen molar-refractivity contribution in [3.8, 4) is 11.6 Å². The van der Waals surface area contributed by atoms with Crippen molar-refractivity contribution in [3.05, 3.63) is 65.9 Å². The Kier molecular flexibility index (Phi) is 7.27. The number of benzene rings is 1. The van der Waals surface area contributed by atoms with Crippen LogP contribution in [0.15, 0.2) is 49.1 Å². The fraction of sp³-hybridized carbons (Fsp3) is 0.222. The maximum Gasteiger partial charge on any atom is 0.251 e. The second-order valence-electron chi connectivity index (χ2n) is 5.70. The largest absolute Gasteiger partial charge is 0.439 e. The highest BCUT2D eigenvalue weighted by atomic mass is 35.5. The maximum absolute atomic E-state index is 12.3. The molecular weight excluding hydrogens is 368 g/mol. The third-order valence-corrected chi connectivity index (χ3v) is 3.64. The number of halogens is 1. The van der Waals surface area contributed by atoms with Gasteiger partial charge in [0, 0.05) is 30.4 Å². The molecule has 8 nitrogen and oxygen atoms in total. The lowest BCUT2D eigenvalue weighted by molar-refractivity contribution is 0.0951. The highest BCUT2D eigenvalue weighted by molar-refractivity contribution is 5.94. The van der Waals surface area contributed by atoms with Crippen LogP contribution in [-0.4, -0.2) is 32.2 Å². The van der Waals surface area contributed by atoms with Gasteiger partial charge >= 0.3 is 0 Å². The molecule has 2 aromatic heterocycles. The van der Waals surface area contributed by atoms with Gasteiger partial charge in [-0.05, 0) is 36.8 Å². The minimum absolute atomic E-state index is 0. The maximum atomic E-state index is 12.3. The lowest BCUT2D eigenvalue weighted by atomic mass is 10.2. The Hall–Kier alpha value is -2.97. The summed E-state index contributed by atoms with van der Waals surface area (Å²) in [5.74, 6) is 0.805. The van der Waals surface area contributed by atoms with Crippen molar-refractivity contribution in [3.63, 3.8) is 0 Å². The van der Waals surface area contributed by atoms with Crippen LogP contribution in [-0.2, 0) is 13.1 Å². The Labute approximate surface area is 163 Å². The number of hydrogen-bond donors (Lipinski definition) is 2. The Bertz CT molecular complexity index is 885. The second kappa shape index (κ2) is 9.65. The lowest BCUT2D eigenvalue weighted by Gasteiger charge is -2.09. The summed E-state index contributed by atoms with van der Waals surface area (Å²) in [6.07, 6.45) is 3.06. The molecule has 0 spiro atoms. The Morgan fingerprint density at radius 1 is 1.30 bits per heavy atom. The molecule has 0 saturated heterocycles. The van der Waals surface area contributed by atoms with Crippen molar-refractivity contribution in [2.75, 3.05) is 6.54 Å². The summed E-state index contributed by atoms with van der Waals surface area (Å²) in [5, 5.41) is 6.83. The van der Waals surface area contributed by atoms with Gasteiger partial charge in [0.05, 0.1) is 6.54 Å². The highest BCUT2D eigenvalue weighted by Gasteiger charge is 2.08. The Balaban J connectivity index is 0.00000261. The van der Waals surface area contributed by atoms with Gasteiger partial charge in [-0.1, -0.05) is 6.07 Å². The monoisotopic (exact) mass is 388 g/mol. The number of pyridine rings is 1. The summed E-state index contributed by atoms with van der Waals surface area (Å²) in [6, 6.07) is 10.6. The summed E-state index contributed by atoms with van der Waals surface area (Å²) < 4.78 is 7.44. The third kappa shape index (κ3) is 5.77. The molecule has 142 valence electrons. The number of aryl methyl sites for hydroxylation is 1. The minimum Gasteiger partial charge on any atom is -0.439 e. The number of aromatic nitrogens is 4. The SMILES string of the molecule is Cc1cc(CN)cc(Oc2cccc(C(=O)NCCn3cncn3)c2)n1.Cl. The predicted molar refractivity (Wildman–Crippen MR) is 103 cm³/mol. The number of nitrogens with one attached hydrogen (secondary N) is 1. The molecule has 0 radical (unpaired) electrons. The molecule has 0 aliphatic heterocycles. The van der Waals surface area contributed by atoms with Crippen LogP contribution in [0.3, 0.4) is 0 Å². The summed E-state index contributed by atoms with van der Waals surface area (Å²) in [4.78, 5) is 20.5. The smallest absolute Gasteiger partial charge is 0.251 e. The molecule has 0 bridgehead atoms. The first-order valence-corrected chi connectivity index (χ1v) is 8.20. The topological polar surface area (TPSA) is 108 Å². The summed E-state index contributed by atoms with van der Waals surface area (Å²) in [6.45, 7) is 3.29. The standard InChI is InChI=1S/C18H20N6O2.ClH/c1-13-7-14(10-19)8-17(23-13)26-16-4-2-3-15(9-16)18(25)21-5-6-24-12-20-11-22-24;/h2-4,7-9,11-12H,5-6,10,19H2,1H3,(H,21,25);1H. The van der Waals surface area contributed by atoms with E-state index in [4.69, 9.17) is 10.5 Å². The number of rotatable bonds is 7. The van der Waals surface area contributed by atoms with Crippen molar-refractivity contribution >= 4 is 18.3 Å². The van der Waals surface area contributed by atoms with Crippen molar-refractivity contribution < 1.29 is 9.53 Å². The zero-order valence-corrected chi connectivity index (χ0v) is 15.6. The van der Waals surface area contributed by atoms with Gasteiger partial charge < -0.3 is 15.8 Å². The van der Waals surface area contributed by atoms with E-state index in [1.807, 2.05) is 13.0 Å². The van der Waals surface area contributed by atoms with Crippen molar-refractivity contribution in [2.45, 2.75) is 20.0 Å². The van der Waals surface area contributed by atoms with Gasteiger partial charge in [0.1, 0.15) is 18.4 Å². The van der Waals surface area contributed by atoms with Crippen LogP contribution in [0.2, 0.25) is 0 Å². The van der Waals surface area contributed by atoms with Crippen molar-refractivity contribution in [1.82, 2.24) is 25.1 Å². The lowest BCUT2D eigenvalue weighted by Crippen LogP contribution is -2.27. The molecule has 3 rings (SSSR count). The quantitative estimate of drug-likeness (QED) is 0.641. The van der Waals surface area contributed by atoms with Crippen molar-refractivity contribution in [1.29, 1.82) is 0 Å². The molecule has 0 atom stereocenters. The number of hydrogen-bond acceptors (Lipinski definition) is 6. The molecule has 27 heavy (non-hydrogen) atoms. The van der Waals surface area contributed by atoms with E-state index in [2.05, 4.69) is 20.4 Å². The van der Waals surface area contributed by atoms with E-state index in [-0.39, 0.29) is 18.3 Å². The van der Waals surface area contributed by atoms with E-state index < -0.39 is 0 Å². The molecule has 0 saturated carbocycles.